The molecule has 0 unspecified atom stereocenters. The van der Waals surface area contributed by atoms with Gasteiger partial charge in [-0.2, -0.15) is 0 Å². The molecule has 0 saturated heterocycles. The lowest BCUT2D eigenvalue weighted by Gasteiger charge is -2.04. The van der Waals surface area contributed by atoms with Crippen LogP contribution in [0.5, 0.6) is 0 Å². The molecule has 1 nitrogen and oxygen atoms in total. The summed E-state index contributed by atoms with van der Waals surface area (Å²) in [6.07, 6.45) is 0. The minimum atomic E-state index is -0.288. The summed E-state index contributed by atoms with van der Waals surface area (Å²) in [6.45, 7) is 1.95. The topological polar surface area (TPSA) is 12.9 Å². The van der Waals surface area contributed by atoms with E-state index in [1.165, 1.54) is 0 Å². The standard InChI is InChI=1S/C10H6BrFIN/c1-5-4-7(11)9(12)10-6(5)2-3-8(13)14-10/h2-4H,1H3. The Labute approximate surface area is 103 Å². The van der Waals surface area contributed by atoms with Crippen molar-refractivity contribution in [1.82, 2.24) is 4.98 Å². The summed E-state index contributed by atoms with van der Waals surface area (Å²) in [5.74, 6) is -0.288. The molecule has 0 atom stereocenters. The van der Waals surface area contributed by atoms with Gasteiger partial charge in [0.05, 0.1) is 4.47 Å². The van der Waals surface area contributed by atoms with Gasteiger partial charge in [0.25, 0.3) is 0 Å². The first kappa shape index (κ1) is 10.3. The first-order chi connectivity index (χ1) is 6.59. The molecule has 0 aliphatic rings. The van der Waals surface area contributed by atoms with Crippen molar-refractivity contribution in [3.63, 3.8) is 0 Å². The van der Waals surface area contributed by atoms with Gasteiger partial charge in [0.2, 0.25) is 0 Å². The van der Waals surface area contributed by atoms with Gasteiger partial charge in [0.15, 0.2) is 5.82 Å². The molecule has 1 aromatic heterocycles. The second-order valence-corrected chi connectivity index (χ2v) is 4.98. The first-order valence-corrected chi connectivity index (χ1v) is 5.87. The minimum Gasteiger partial charge on any atom is -0.239 e. The molecule has 0 saturated carbocycles. The van der Waals surface area contributed by atoms with E-state index in [0.717, 1.165) is 14.7 Å². The molecule has 14 heavy (non-hydrogen) atoms. The van der Waals surface area contributed by atoms with Crippen molar-refractivity contribution in [1.29, 1.82) is 0 Å². The summed E-state index contributed by atoms with van der Waals surface area (Å²) < 4.78 is 14.9. The van der Waals surface area contributed by atoms with Crippen LogP contribution in [-0.4, -0.2) is 4.98 Å². The monoisotopic (exact) mass is 365 g/mol. The maximum atomic E-state index is 13.6. The Bertz CT molecular complexity index is 513. The van der Waals surface area contributed by atoms with Crippen LogP contribution in [0.3, 0.4) is 0 Å². The van der Waals surface area contributed by atoms with E-state index >= 15 is 0 Å². The Morgan fingerprint density at radius 2 is 2.14 bits per heavy atom. The fourth-order valence-corrected chi connectivity index (χ4v) is 2.32. The number of benzene rings is 1. The van der Waals surface area contributed by atoms with Crippen LogP contribution in [0.15, 0.2) is 22.7 Å². The van der Waals surface area contributed by atoms with Gasteiger partial charge >= 0.3 is 0 Å². The summed E-state index contributed by atoms with van der Waals surface area (Å²) in [5, 5.41) is 0.867. The molecule has 0 spiro atoms. The number of hydrogen-bond donors (Lipinski definition) is 0. The van der Waals surface area contributed by atoms with Gasteiger partial charge in [-0.05, 0) is 69.2 Å². The van der Waals surface area contributed by atoms with Crippen molar-refractivity contribution < 1.29 is 4.39 Å². The van der Waals surface area contributed by atoms with E-state index in [2.05, 4.69) is 43.5 Å². The Kier molecular flexibility index (Phi) is 2.74. The molecule has 2 rings (SSSR count). The molecule has 72 valence electrons. The third-order valence-corrected chi connectivity index (χ3v) is 3.22. The highest BCUT2D eigenvalue weighted by Crippen LogP contribution is 2.27. The Hall–Kier alpha value is -0.230. The van der Waals surface area contributed by atoms with Crippen LogP contribution in [0.4, 0.5) is 4.39 Å². The first-order valence-electron chi connectivity index (χ1n) is 4.00. The smallest absolute Gasteiger partial charge is 0.163 e. The zero-order valence-electron chi connectivity index (χ0n) is 7.31. The zero-order valence-corrected chi connectivity index (χ0v) is 11.1. The quantitative estimate of drug-likeness (QED) is 0.507. The van der Waals surface area contributed by atoms with Gasteiger partial charge in [-0.3, -0.25) is 0 Å². The molecule has 4 heteroatoms. The van der Waals surface area contributed by atoms with Crippen LogP contribution in [-0.2, 0) is 0 Å². The average Bonchev–Trinajstić information content (AvgIpc) is 2.14. The molecular formula is C10H6BrFIN. The summed E-state index contributed by atoms with van der Waals surface area (Å²) in [5.41, 5.74) is 1.46. The lowest BCUT2D eigenvalue weighted by Crippen LogP contribution is -1.91. The molecule has 0 amide bonds. The van der Waals surface area contributed by atoms with Crippen LogP contribution < -0.4 is 0 Å². The molecular weight excluding hydrogens is 360 g/mol. The van der Waals surface area contributed by atoms with Gasteiger partial charge in [-0.1, -0.05) is 0 Å². The lowest BCUT2D eigenvalue weighted by atomic mass is 10.1. The second-order valence-electron chi connectivity index (χ2n) is 3.02. The Balaban J connectivity index is 2.95. The van der Waals surface area contributed by atoms with Crippen molar-refractivity contribution in [2.24, 2.45) is 0 Å². The van der Waals surface area contributed by atoms with E-state index in [0.29, 0.717) is 9.99 Å². The maximum Gasteiger partial charge on any atom is 0.163 e. The van der Waals surface area contributed by atoms with E-state index in [-0.39, 0.29) is 5.82 Å². The normalized spacial score (nSPS) is 10.9. The molecule has 1 aromatic carbocycles. The van der Waals surface area contributed by atoms with Crippen LogP contribution in [0.25, 0.3) is 10.9 Å². The number of halogens is 3. The van der Waals surface area contributed by atoms with Gasteiger partial charge in [0, 0.05) is 5.39 Å². The number of rotatable bonds is 0. The Morgan fingerprint density at radius 3 is 2.86 bits per heavy atom. The largest absolute Gasteiger partial charge is 0.239 e. The van der Waals surface area contributed by atoms with E-state index in [1.54, 1.807) is 6.07 Å². The van der Waals surface area contributed by atoms with Gasteiger partial charge in [-0.15, -0.1) is 0 Å². The van der Waals surface area contributed by atoms with Crippen LogP contribution in [0.1, 0.15) is 5.56 Å². The number of fused-ring (bicyclic) bond motifs is 1. The van der Waals surface area contributed by atoms with Crippen LogP contribution >= 0.6 is 38.5 Å². The van der Waals surface area contributed by atoms with E-state index in [4.69, 9.17) is 0 Å². The maximum absolute atomic E-state index is 13.6. The predicted octanol–water partition coefficient (Wildman–Crippen LogP) is 4.05. The molecule has 0 aliphatic heterocycles. The summed E-state index contributed by atoms with van der Waals surface area (Å²) in [4.78, 5) is 4.18. The van der Waals surface area contributed by atoms with Crippen molar-refractivity contribution >= 4 is 49.4 Å². The second kappa shape index (κ2) is 3.73. The highest BCUT2D eigenvalue weighted by molar-refractivity contribution is 14.1. The van der Waals surface area contributed by atoms with Crippen molar-refractivity contribution in [2.45, 2.75) is 6.92 Å². The van der Waals surface area contributed by atoms with E-state index < -0.39 is 0 Å². The van der Waals surface area contributed by atoms with Gasteiger partial charge < -0.3 is 0 Å². The molecule has 0 bridgehead atoms. The van der Waals surface area contributed by atoms with Gasteiger partial charge in [-0.25, -0.2) is 9.37 Å². The molecule has 2 aromatic rings. The molecule has 0 fully saturated rings. The van der Waals surface area contributed by atoms with E-state index in [9.17, 15) is 4.39 Å². The highest BCUT2D eigenvalue weighted by atomic mass is 127. The van der Waals surface area contributed by atoms with Crippen LogP contribution in [0.2, 0.25) is 0 Å². The predicted molar refractivity (Wildman–Crippen MR) is 66.9 cm³/mol. The molecule has 0 radical (unpaired) electrons. The Morgan fingerprint density at radius 1 is 1.43 bits per heavy atom. The number of nitrogens with zero attached hydrogens (tertiary/aromatic N) is 1. The summed E-state index contributed by atoms with van der Waals surface area (Å²) in [7, 11) is 0. The van der Waals surface area contributed by atoms with Gasteiger partial charge in [0.1, 0.15) is 9.22 Å². The van der Waals surface area contributed by atoms with Crippen molar-refractivity contribution in [3.8, 4) is 0 Å². The minimum absolute atomic E-state index is 0.288. The van der Waals surface area contributed by atoms with E-state index in [1.807, 2.05) is 19.1 Å². The number of aryl methyl sites for hydroxylation is 1. The third kappa shape index (κ3) is 1.65. The van der Waals surface area contributed by atoms with Crippen molar-refractivity contribution in [3.05, 3.63) is 37.8 Å². The average molecular weight is 366 g/mol. The SMILES string of the molecule is Cc1cc(Br)c(F)c2nc(I)ccc12. The zero-order chi connectivity index (χ0) is 10.3. The fourth-order valence-electron chi connectivity index (χ4n) is 1.37. The molecule has 1 heterocycles. The summed E-state index contributed by atoms with van der Waals surface area (Å²) in [6, 6.07) is 5.55. The molecule has 0 N–H and O–H groups in total. The number of pyridine rings is 1. The fraction of sp³-hybridized carbons (Fsp3) is 0.100. The highest BCUT2D eigenvalue weighted by Gasteiger charge is 2.09. The number of aromatic nitrogens is 1. The van der Waals surface area contributed by atoms with Crippen LogP contribution in [0, 0.1) is 16.4 Å². The number of hydrogen-bond acceptors (Lipinski definition) is 1. The van der Waals surface area contributed by atoms with Crippen molar-refractivity contribution in [2.75, 3.05) is 0 Å². The summed E-state index contributed by atoms with van der Waals surface area (Å²) >= 11 is 5.25. The lowest BCUT2D eigenvalue weighted by molar-refractivity contribution is 0.629. The molecule has 0 aliphatic carbocycles. The third-order valence-electron chi connectivity index (χ3n) is 2.05.